The summed E-state index contributed by atoms with van der Waals surface area (Å²) in [5, 5.41) is 0. The van der Waals surface area contributed by atoms with E-state index in [2.05, 4.69) is 4.99 Å². The molecule has 1 unspecified atom stereocenters. The van der Waals surface area contributed by atoms with Gasteiger partial charge in [-0.25, -0.2) is 8.78 Å². The zero-order chi connectivity index (χ0) is 16.1. The summed E-state index contributed by atoms with van der Waals surface area (Å²) in [5.74, 6) is -2.31. The van der Waals surface area contributed by atoms with Gasteiger partial charge in [0.05, 0.1) is 5.92 Å². The summed E-state index contributed by atoms with van der Waals surface area (Å²) in [6, 6.07) is 11.3. The third-order valence-electron chi connectivity index (χ3n) is 3.16. The van der Waals surface area contributed by atoms with E-state index in [9.17, 15) is 13.6 Å². The minimum absolute atomic E-state index is 0.279. The van der Waals surface area contributed by atoms with E-state index in [0.29, 0.717) is 5.56 Å². The smallest absolute Gasteiger partial charge is 0.256 e. The second-order valence-corrected chi connectivity index (χ2v) is 4.81. The quantitative estimate of drug-likeness (QED) is 0.670. The van der Waals surface area contributed by atoms with Gasteiger partial charge in [-0.05, 0) is 41.8 Å². The topological polar surface area (TPSA) is 81.5 Å². The minimum atomic E-state index is -0.673. The highest BCUT2D eigenvalue weighted by atomic mass is 19.1. The third kappa shape index (κ3) is 4.12. The Labute approximate surface area is 126 Å². The number of aliphatic imine (C=N–C) groups is 1. The molecule has 0 spiro atoms. The number of amides is 1. The van der Waals surface area contributed by atoms with Crippen LogP contribution in [-0.4, -0.2) is 11.9 Å². The standard InChI is InChI=1S/C16H15F2N3O/c17-12-5-1-10(2-6-12)9-14(15(22)21-16(19)20)11-3-7-13(18)8-4-11/h1-8,14H,9H2,(H4,19,20,21,22). The summed E-state index contributed by atoms with van der Waals surface area (Å²) >= 11 is 0. The predicted molar refractivity (Wildman–Crippen MR) is 80.1 cm³/mol. The van der Waals surface area contributed by atoms with Gasteiger partial charge in [0.1, 0.15) is 11.6 Å². The molecule has 0 aromatic heterocycles. The second-order valence-electron chi connectivity index (χ2n) is 4.81. The lowest BCUT2D eigenvalue weighted by Crippen LogP contribution is -2.26. The van der Waals surface area contributed by atoms with Crippen LogP contribution < -0.4 is 11.5 Å². The van der Waals surface area contributed by atoms with E-state index in [-0.39, 0.29) is 18.2 Å². The number of carbonyl (C=O) groups excluding carboxylic acids is 1. The Hall–Kier alpha value is -2.76. The van der Waals surface area contributed by atoms with Gasteiger partial charge in [0.15, 0.2) is 5.96 Å². The zero-order valence-electron chi connectivity index (χ0n) is 11.7. The van der Waals surface area contributed by atoms with Crippen molar-refractivity contribution in [2.45, 2.75) is 12.3 Å². The first-order chi connectivity index (χ1) is 10.5. The summed E-state index contributed by atoms with van der Waals surface area (Å²) in [4.78, 5) is 15.8. The first kappa shape index (κ1) is 15.6. The van der Waals surface area contributed by atoms with E-state index >= 15 is 0 Å². The molecule has 0 saturated heterocycles. The van der Waals surface area contributed by atoms with E-state index in [1.54, 1.807) is 12.1 Å². The van der Waals surface area contributed by atoms with Gasteiger partial charge in [-0.15, -0.1) is 0 Å². The van der Waals surface area contributed by atoms with Gasteiger partial charge in [0.25, 0.3) is 5.91 Å². The Morgan fingerprint density at radius 3 is 1.95 bits per heavy atom. The van der Waals surface area contributed by atoms with Gasteiger partial charge in [-0.1, -0.05) is 24.3 Å². The monoisotopic (exact) mass is 303 g/mol. The molecule has 0 radical (unpaired) electrons. The fourth-order valence-corrected chi connectivity index (χ4v) is 2.10. The molecule has 0 aliphatic rings. The van der Waals surface area contributed by atoms with Crippen LogP contribution in [-0.2, 0) is 11.2 Å². The number of hydrogen-bond donors (Lipinski definition) is 2. The molecule has 0 aliphatic carbocycles. The summed E-state index contributed by atoms with van der Waals surface area (Å²) < 4.78 is 26.0. The number of nitrogens with two attached hydrogens (primary N) is 2. The number of nitrogens with zero attached hydrogens (tertiary/aromatic N) is 1. The average Bonchev–Trinajstić information content (AvgIpc) is 2.47. The molecule has 2 rings (SSSR count). The van der Waals surface area contributed by atoms with Crippen molar-refractivity contribution in [3.8, 4) is 0 Å². The largest absolute Gasteiger partial charge is 0.370 e. The highest BCUT2D eigenvalue weighted by Gasteiger charge is 2.21. The van der Waals surface area contributed by atoms with Crippen LogP contribution in [0.25, 0.3) is 0 Å². The van der Waals surface area contributed by atoms with Crippen LogP contribution >= 0.6 is 0 Å². The normalized spacial score (nSPS) is 11.7. The number of rotatable bonds is 4. The maximum Gasteiger partial charge on any atom is 0.256 e. The predicted octanol–water partition coefficient (Wildman–Crippen LogP) is 2.09. The zero-order valence-corrected chi connectivity index (χ0v) is 11.7. The lowest BCUT2D eigenvalue weighted by Gasteiger charge is -2.14. The van der Waals surface area contributed by atoms with Gasteiger partial charge in [0, 0.05) is 0 Å². The van der Waals surface area contributed by atoms with Crippen molar-refractivity contribution < 1.29 is 13.6 Å². The van der Waals surface area contributed by atoms with Crippen molar-refractivity contribution in [2.24, 2.45) is 16.5 Å². The molecule has 2 aromatic carbocycles. The Morgan fingerprint density at radius 2 is 1.45 bits per heavy atom. The average molecular weight is 303 g/mol. The van der Waals surface area contributed by atoms with Crippen molar-refractivity contribution in [3.05, 3.63) is 71.3 Å². The van der Waals surface area contributed by atoms with Crippen LogP contribution in [0.15, 0.2) is 53.5 Å². The number of carbonyl (C=O) groups is 1. The highest BCUT2D eigenvalue weighted by molar-refractivity contribution is 5.95. The molecule has 6 heteroatoms. The Balaban J connectivity index is 2.32. The van der Waals surface area contributed by atoms with Crippen molar-refractivity contribution in [1.82, 2.24) is 0 Å². The van der Waals surface area contributed by atoms with E-state index < -0.39 is 17.6 Å². The molecule has 4 nitrogen and oxygen atoms in total. The molecule has 22 heavy (non-hydrogen) atoms. The van der Waals surface area contributed by atoms with Crippen LogP contribution in [0.5, 0.6) is 0 Å². The molecular formula is C16H15F2N3O. The minimum Gasteiger partial charge on any atom is -0.370 e. The van der Waals surface area contributed by atoms with Crippen LogP contribution in [0.4, 0.5) is 8.78 Å². The Bertz CT molecular complexity index is 678. The van der Waals surface area contributed by atoms with Crippen LogP contribution in [0.2, 0.25) is 0 Å². The molecule has 1 amide bonds. The van der Waals surface area contributed by atoms with Crippen LogP contribution in [0, 0.1) is 11.6 Å². The fourth-order valence-electron chi connectivity index (χ4n) is 2.10. The molecule has 2 aromatic rings. The number of halogens is 2. The molecule has 114 valence electrons. The number of guanidine groups is 1. The lowest BCUT2D eigenvalue weighted by molar-refractivity contribution is -0.119. The molecule has 0 saturated carbocycles. The van der Waals surface area contributed by atoms with Gasteiger partial charge in [-0.2, -0.15) is 4.99 Å². The van der Waals surface area contributed by atoms with E-state index in [4.69, 9.17) is 11.5 Å². The summed E-state index contributed by atoms with van der Waals surface area (Å²) in [5.41, 5.74) is 11.8. The van der Waals surface area contributed by atoms with Gasteiger partial charge in [0.2, 0.25) is 0 Å². The molecule has 0 fully saturated rings. The molecule has 0 aliphatic heterocycles. The van der Waals surface area contributed by atoms with Gasteiger partial charge < -0.3 is 11.5 Å². The highest BCUT2D eigenvalue weighted by Crippen LogP contribution is 2.23. The van der Waals surface area contributed by atoms with Crippen molar-refractivity contribution >= 4 is 11.9 Å². The van der Waals surface area contributed by atoms with Crippen LogP contribution in [0.3, 0.4) is 0 Å². The Kier molecular flexibility index (Phi) is 4.83. The second kappa shape index (κ2) is 6.80. The third-order valence-corrected chi connectivity index (χ3v) is 3.16. The first-order valence-corrected chi connectivity index (χ1v) is 6.59. The van der Waals surface area contributed by atoms with Crippen molar-refractivity contribution in [1.29, 1.82) is 0 Å². The van der Waals surface area contributed by atoms with Crippen LogP contribution in [0.1, 0.15) is 17.0 Å². The molecule has 1 atom stereocenters. The summed E-state index contributed by atoms with van der Waals surface area (Å²) in [6.07, 6.45) is 0.279. The SMILES string of the molecule is NC(N)=NC(=O)C(Cc1ccc(F)cc1)c1ccc(F)cc1. The van der Waals surface area contributed by atoms with Gasteiger partial charge >= 0.3 is 0 Å². The summed E-state index contributed by atoms with van der Waals surface area (Å²) in [7, 11) is 0. The molecule has 0 bridgehead atoms. The van der Waals surface area contributed by atoms with E-state index in [1.807, 2.05) is 0 Å². The van der Waals surface area contributed by atoms with Crippen molar-refractivity contribution in [2.75, 3.05) is 0 Å². The van der Waals surface area contributed by atoms with E-state index in [1.165, 1.54) is 36.4 Å². The number of hydrogen-bond acceptors (Lipinski definition) is 1. The molecular weight excluding hydrogens is 288 g/mol. The van der Waals surface area contributed by atoms with E-state index in [0.717, 1.165) is 5.56 Å². The molecule has 4 N–H and O–H groups in total. The summed E-state index contributed by atoms with van der Waals surface area (Å²) in [6.45, 7) is 0. The van der Waals surface area contributed by atoms with Gasteiger partial charge in [-0.3, -0.25) is 4.79 Å². The Morgan fingerprint density at radius 1 is 0.955 bits per heavy atom. The maximum atomic E-state index is 13.0. The molecule has 0 heterocycles. The maximum absolute atomic E-state index is 13.0. The lowest BCUT2D eigenvalue weighted by atomic mass is 9.91. The first-order valence-electron chi connectivity index (χ1n) is 6.59. The fraction of sp³-hybridized carbons (Fsp3) is 0.125. The number of benzene rings is 2. The van der Waals surface area contributed by atoms with Crippen molar-refractivity contribution in [3.63, 3.8) is 0 Å².